The number of aryl methyl sites for hydroxylation is 1. The van der Waals surface area contributed by atoms with Crippen molar-refractivity contribution in [2.75, 3.05) is 43.4 Å². The standard InChI is InChI=1S/C23H30N6O2/c1-5-29(6-2)15-14-27(3)21-16-18(23(30)24-20-12-13-28(4)26-20)17-22(25-21)31-19-10-8-7-9-11-19/h7-13,16-17H,5-6,14-15H2,1-4H3,(H,24,26,30). The SMILES string of the molecule is CCN(CC)CCN(C)c1cc(C(=O)Nc2ccn(C)n2)cc(Oc2ccccc2)n1. The molecule has 0 saturated carbocycles. The van der Waals surface area contributed by atoms with E-state index in [2.05, 4.69) is 34.1 Å². The van der Waals surface area contributed by atoms with Gasteiger partial charge in [0.05, 0.1) is 0 Å². The first-order valence-electron chi connectivity index (χ1n) is 10.5. The van der Waals surface area contributed by atoms with E-state index in [1.165, 1.54) is 0 Å². The first-order valence-corrected chi connectivity index (χ1v) is 10.5. The molecule has 0 spiro atoms. The maximum absolute atomic E-state index is 12.9. The van der Waals surface area contributed by atoms with E-state index in [1.807, 2.05) is 42.3 Å². The van der Waals surface area contributed by atoms with Crippen LogP contribution in [-0.2, 0) is 7.05 Å². The molecule has 1 amide bonds. The fourth-order valence-electron chi connectivity index (χ4n) is 3.10. The fraction of sp³-hybridized carbons (Fsp3) is 0.348. The van der Waals surface area contributed by atoms with Crippen molar-refractivity contribution in [3.63, 3.8) is 0 Å². The predicted octanol–water partition coefficient (Wildman–Crippen LogP) is 3.64. The second-order valence-electron chi connectivity index (χ2n) is 7.24. The molecule has 0 aliphatic heterocycles. The van der Waals surface area contributed by atoms with Crippen LogP contribution in [0.15, 0.2) is 54.7 Å². The Morgan fingerprint density at radius 3 is 2.48 bits per heavy atom. The molecule has 0 fully saturated rings. The zero-order valence-electron chi connectivity index (χ0n) is 18.6. The molecule has 2 heterocycles. The minimum Gasteiger partial charge on any atom is -0.439 e. The molecule has 0 bridgehead atoms. The number of carbonyl (C=O) groups is 1. The van der Waals surface area contributed by atoms with Crippen LogP contribution in [-0.4, -0.2) is 58.8 Å². The first-order chi connectivity index (χ1) is 15.0. The number of amides is 1. The zero-order chi connectivity index (χ0) is 22.2. The largest absolute Gasteiger partial charge is 0.439 e. The Morgan fingerprint density at radius 2 is 1.84 bits per heavy atom. The number of nitrogens with zero attached hydrogens (tertiary/aromatic N) is 5. The number of hydrogen-bond acceptors (Lipinski definition) is 6. The number of nitrogens with one attached hydrogen (secondary N) is 1. The summed E-state index contributed by atoms with van der Waals surface area (Å²) in [5.74, 6) is 1.93. The molecule has 0 atom stereocenters. The van der Waals surface area contributed by atoms with Crippen molar-refractivity contribution in [1.29, 1.82) is 0 Å². The van der Waals surface area contributed by atoms with Gasteiger partial charge in [-0.25, -0.2) is 0 Å². The molecule has 31 heavy (non-hydrogen) atoms. The summed E-state index contributed by atoms with van der Waals surface area (Å²) in [6.45, 7) is 7.97. The molecular weight excluding hydrogens is 392 g/mol. The highest BCUT2D eigenvalue weighted by Crippen LogP contribution is 2.24. The van der Waals surface area contributed by atoms with Crippen LogP contribution >= 0.6 is 0 Å². The second kappa shape index (κ2) is 10.6. The Kier molecular flexibility index (Phi) is 7.61. The van der Waals surface area contributed by atoms with Gasteiger partial charge in [0.1, 0.15) is 11.6 Å². The van der Waals surface area contributed by atoms with Crippen molar-refractivity contribution in [2.45, 2.75) is 13.8 Å². The third-order valence-electron chi connectivity index (χ3n) is 5.01. The summed E-state index contributed by atoms with van der Waals surface area (Å²) < 4.78 is 7.57. The molecule has 0 saturated heterocycles. The number of ether oxygens (including phenoxy) is 1. The van der Waals surface area contributed by atoms with Crippen molar-refractivity contribution in [1.82, 2.24) is 19.7 Å². The van der Waals surface area contributed by atoms with E-state index in [-0.39, 0.29) is 5.91 Å². The number of hydrogen-bond donors (Lipinski definition) is 1. The highest BCUT2D eigenvalue weighted by atomic mass is 16.5. The number of rotatable bonds is 10. The normalized spacial score (nSPS) is 10.9. The Morgan fingerprint density at radius 1 is 1.10 bits per heavy atom. The fourth-order valence-corrected chi connectivity index (χ4v) is 3.10. The second-order valence-corrected chi connectivity index (χ2v) is 7.24. The molecule has 3 rings (SSSR count). The summed E-state index contributed by atoms with van der Waals surface area (Å²) in [6, 6.07) is 14.6. The molecule has 8 nitrogen and oxygen atoms in total. The molecule has 1 aromatic carbocycles. The van der Waals surface area contributed by atoms with Gasteiger partial charge in [-0.05, 0) is 31.3 Å². The molecule has 0 unspecified atom stereocenters. The van der Waals surface area contributed by atoms with Gasteiger partial charge < -0.3 is 19.9 Å². The average Bonchev–Trinajstić information content (AvgIpc) is 3.19. The molecule has 0 aliphatic carbocycles. The van der Waals surface area contributed by atoms with Gasteiger partial charge in [-0.3, -0.25) is 9.48 Å². The van der Waals surface area contributed by atoms with Crippen molar-refractivity contribution in [3.05, 3.63) is 60.3 Å². The van der Waals surface area contributed by atoms with E-state index in [0.29, 0.717) is 28.8 Å². The van der Waals surface area contributed by atoms with E-state index < -0.39 is 0 Å². The lowest BCUT2D eigenvalue weighted by molar-refractivity contribution is 0.102. The summed E-state index contributed by atoms with van der Waals surface area (Å²) >= 11 is 0. The summed E-state index contributed by atoms with van der Waals surface area (Å²) in [6.07, 6.45) is 1.78. The van der Waals surface area contributed by atoms with Gasteiger partial charge >= 0.3 is 0 Å². The minimum absolute atomic E-state index is 0.266. The van der Waals surface area contributed by atoms with Crippen molar-refractivity contribution in [3.8, 4) is 11.6 Å². The van der Waals surface area contributed by atoms with Gasteiger partial charge in [0.15, 0.2) is 5.82 Å². The van der Waals surface area contributed by atoms with Crippen LogP contribution < -0.4 is 15.0 Å². The van der Waals surface area contributed by atoms with Gasteiger partial charge in [-0.2, -0.15) is 10.1 Å². The number of aromatic nitrogens is 3. The smallest absolute Gasteiger partial charge is 0.257 e. The van der Waals surface area contributed by atoms with Crippen LogP contribution in [0.2, 0.25) is 0 Å². The van der Waals surface area contributed by atoms with E-state index in [9.17, 15) is 4.79 Å². The highest BCUT2D eigenvalue weighted by molar-refractivity contribution is 6.04. The Labute approximate surface area is 183 Å². The van der Waals surface area contributed by atoms with Crippen LogP contribution in [0.4, 0.5) is 11.6 Å². The van der Waals surface area contributed by atoms with Crippen LogP contribution in [0.5, 0.6) is 11.6 Å². The topological polar surface area (TPSA) is 75.5 Å². The molecular formula is C23H30N6O2. The van der Waals surface area contributed by atoms with Crippen molar-refractivity contribution >= 4 is 17.5 Å². The van der Waals surface area contributed by atoms with Gasteiger partial charge in [0, 0.05) is 51.1 Å². The monoisotopic (exact) mass is 422 g/mol. The quantitative estimate of drug-likeness (QED) is 0.538. The molecule has 164 valence electrons. The maximum Gasteiger partial charge on any atom is 0.257 e. The molecule has 8 heteroatoms. The lowest BCUT2D eigenvalue weighted by atomic mass is 10.2. The van der Waals surface area contributed by atoms with Crippen LogP contribution in [0.1, 0.15) is 24.2 Å². The van der Waals surface area contributed by atoms with E-state index in [1.54, 1.807) is 36.1 Å². The molecule has 0 aliphatic rings. The van der Waals surface area contributed by atoms with E-state index >= 15 is 0 Å². The summed E-state index contributed by atoms with van der Waals surface area (Å²) in [4.78, 5) is 21.9. The summed E-state index contributed by atoms with van der Waals surface area (Å²) in [5.41, 5.74) is 0.455. The third kappa shape index (κ3) is 6.29. The highest BCUT2D eigenvalue weighted by Gasteiger charge is 2.15. The molecule has 3 aromatic rings. The Balaban J connectivity index is 1.84. The lowest BCUT2D eigenvalue weighted by Crippen LogP contribution is -2.33. The molecule has 1 N–H and O–H groups in total. The van der Waals surface area contributed by atoms with Crippen LogP contribution in [0.25, 0.3) is 0 Å². The number of pyridine rings is 1. The summed E-state index contributed by atoms with van der Waals surface area (Å²) in [5, 5.41) is 7.04. The molecule has 2 aromatic heterocycles. The number of carbonyl (C=O) groups excluding carboxylic acids is 1. The first kappa shape index (κ1) is 22.3. The minimum atomic E-state index is -0.266. The number of para-hydroxylation sites is 1. The third-order valence-corrected chi connectivity index (χ3v) is 5.01. The summed E-state index contributed by atoms with van der Waals surface area (Å²) in [7, 11) is 3.77. The van der Waals surface area contributed by atoms with Gasteiger partial charge in [0.2, 0.25) is 5.88 Å². The number of anilines is 2. The van der Waals surface area contributed by atoms with Crippen molar-refractivity contribution < 1.29 is 9.53 Å². The number of likely N-dealkylation sites (N-methyl/N-ethyl adjacent to an activating group) is 2. The van der Waals surface area contributed by atoms with Crippen molar-refractivity contribution in [2.24, 2.45) is 7.05 Å². The lowest BCUT2D eigenvalue weighted by Gasteiger charge is -2.24. The molecule has 0 radical (unpaired) electrons. The van der Waals surface area contributed by atoms with Gasteiger partial charge in [0.25, 0.3) is 5.91 Å². The Bertz CT molecular complexity index is 985. The average molecular weight is 423 g/mol. The zero-order valence-corrected chi connectivity index (χ0v) is 18.6. The predicted molar refractivity (Wildman–Crippen MR) is 123 cm³/mol. The number of benzene rings is 1. The Hall–Kier alpha value is -3.39. The van der Waals surface area contributed by atoms with Crippen LogP contribution in [0, 0.1) is 0 Å². The van der Waals surface area contributed by atoms with Gasteiger partial charge in [-0.15, -0.1) is 0 Å². The maximum atomic E-state index is 12.9. The van der Waals surface area contributed by atoms with Gasteiger partial charge in [-0.1, -0.05) is 32.0 Å². The van der Waals surface area contributed by atoms with Crippen LogP contribution in [0.3, 0.4) is 0 Å². The van der Waals surface area contributed by atoms with E-state index in [0.717, 1.165) is 26.2 Å². The van der Waals surface area contributed by atoms with E-state index in [4.69, 9.17) is 4.74 Å².